The molecule has 1 aromatic heterocycles. The second kappa shape index (κ2) is 5.21. The molecule has 24 heavy (non-hydrogen) atoms. The summed E-state index contributed by atoms with van der Waals surface area (Å²) in [6, 6.07) is 16.5. The van der Waals surface area contributed by atoms with Gasteiger partial charge in [-0.3, -0.25) is 4.79 Å². The average molecular weight is 317 g/mol. The van der Waals surface area contributed by atoms with E-state index in [1.165, 1.54) is 11.1 Å². The van der Waals surface area contributed by atoms with E-state index < -0.39 is 0 Å². The second-order valence-electron chi connectivity index (χ2n) is 6.76. The molecule has 0 radical (unpaired) electrons. The Balaban J connectivity index is 1.50. The summed E-state index contributed by atoms with van der Waals surface area (Å²) in [4.78, 5) is 16.1. The van der Waals surface area contributed by atoms with Crippen LogP contribution < -0.4 is 10.6 Å². The summed E-state index contributed by atoms with van der Waals surface area (Å²) in [5, 5.41) is 7.75. The van der Waals surface area contributed by atoms with Gasteiger partial charge in [-0.1, -0.05) is 42.5 Å². The number of fused-ring (bicyclic) bond motifs is 4. The first-order valence-electron chi connectivity index (χ1n) is 8.49. The summed E-state index contributed by atoms with van der Waals surface area (Å²) in [7, 11) is 0. The first-order chi connectivity index (χ1) is 11.8. The highest BCUT2D eigenvalue weighted by Crippen LogP contribution is 2.46. The minimum absolute atomic E-state index is 0.000182. The van der Waals surface area contributed by atoms with Crippen LogP contribution in [0.5, 0.6) is 0 Å². The third kappa shape index (κ3) is 1.93. The van der Waals surface area contributed by atoms with Gasteiger partial charge in [0.25, 0.3) is 5.91 Å². The van der Waals surface area contributed by atoms with Crippen LogP contribution >= 0.6 is 0 Å². The molecule has 3 aromatic rings. The van der Waals surface area contributed by atoms with Gasteiger partial charge in [-0.25, -0.2) is 0 Å². The standard InChI is InChI=1S/C20H19N3O/c24-20(17-11-22-18-8-4-3-6-13(17)18)23-19-14-7-2-1-5-12(14)15-9-21-10-16(15)19/h1-8,11,15-16,19,21-22H,9-10H2,(H,23,24)/t15-,16-,19-/m0/s1. The lowest BCUT2D eigenvalue weighted by molar-refractivity contribution is 0.0927. The molecular weight excluding hydrogens is 298 g/mol. The molecule has 1 fully saturated rings. The van der Waals surface area contributed by atoms with Gasteiger partial charge in [-0.2, -0.15) is 0 Å². The van der Waals surface area contributed by atoms with Crippen LogP contribution in [0.1, 0.15) is 33.4 Å². The van der Waals surface area contributed by atoms with E-state index in [2.05, 4.69) is 39.9 Å². The molecule has 4 heteroatoms. The van der Waals surface area contributed by atoms with E-state index in [1.807, 2.05) is 30.5 Å². The molecule has 2 aromatic carbocycles. The molecule has 120 valence electrons. The number of aromatic nitrogens is 1. The van der Waals surface area contributed by atoms with Crippen LogP contribution in [-0.4, -0.2) is 24.0 Å². The summed E-state index contributed by atoms with van der Waals surface area (Å²) >= 11 is 0. The first-order valence-corrected chi connectivity index (χ1v) is 8.49. The minimum Gasteiger partial charge on any atom is -0.360 e. The van der Waals surface area contributed by atoms with E-state index in [9.17, 15) is 4.79 Å². The number of rotatable bonds is 2. The Hall–Kier alpha value is -2.59. The largest absolute Gasteiger partial charge is 0.360 e. The van der Waals surface area contributed by atoms with Gasteiger partial charge >= 0.3 is 0 Å². The Kier molecular flexibility index (Phi) is 3.00. The maximum atomic E-state index is 12.9. The van der Waals surface area contributed by atoms with Crippen molar-refractivity contribution in [3.05, 3.63) is 71.4 Å². The fourth-order valence-corrected chi connectivity index (χ4v) is 4.42. The summed E-state index contributed by atoms with van der Waals surface area (Å²) < 4.78 is 0. The third-order valence-corrected chi connectivity index (χ3v) is 5.54. The highest BCUT2D eigenvalue weighted by atomic mass is 16.1. The van der Waals surface area contributed by atoms with Gasteiger partial charge in [0.1, 0.15) is 0 Å². The van der Waals surface area contributed by atoms with Crippen molar-refractivity contribution in [3.63, 3.8) is 0 Å². The van der Waals surface area contributed by atoms with E-state index in [4.69, 9.17) is 0 Å². The Labute approximate surface area is 140 Å². The second-order valence-corrected chi connectivity index (χ2v) is 6.76. The molecule has 4 nitrogen and oxygen atoms in total. The van der Waals surface area contributed by atoms with Gasteiger partial charge < -0.3 is 15.6 Å². The maximum Gasteiger partial charge on any atom is 0.253 e. The van der Waals surface area contributed by atoms with E-state index in [0.29, 0.717) is 11.8 Å². The van der Waals surface area contributed by atoms with E-state index in [1.54, 1.807) is 0 Å². The molecule has 2 aliphatic rings. The van der Waals surface area contributed by atoms with Crippen LogP contribution in [0, 0.1) is 5.92 Å². The molecule has 0 saturated carbocycles. The van der Waals surface area contributed by atoms with Gasteiger partial charge in [0, 0.05) is 42.0 Å². The number of carbonyl (C=O) groups is 1. The Morgan fingerprint density at radius 3 is 2.71 bits per heavy atom. The highest BCUT2D eigenvalue weighted by Gasteiger charge is 2.43. The number of para-hydroxylation sites is 1. The normalized spacial score (nSPS) is 24.8. The predicted octanol–water partition coefficient (Wildman–Crippen LogP) is 2.96. The lowest BCUT2D eigenvalue weighted by Crippen LogP contribution is -2.32. The van der Waals surface area contributed by atoms with Crippen molar-refractivity contribution in [3.8, 4) is 0 Å². The van der Waals surface area contributed by atoms with Crippen LogP contribution in [0.25, 0.3) is 10.9 Å². The number of aromatic amines is 1. The Morgan fingerprint density at radius 2 is 1.79 bits per heavy atom. The minimum atomic E-state index is -0.000182. The van der Waals surface area contributed by atoms with E-state index in [-0.39, 0.29) is 11.9 Å². The van der Waals surface area contributed by atoms with Crippen molar-refractivity contribution in [1.82, 2.24) is 15.6 Å². The first kappa shape index (κ1) is 13.8. The number of benzene rings is 2. The third-order valence-electron chi connectivity index (χ3n) is 5.54. The number of hydrogen-bond donors (Lipinski definition) is 3. The van der Waals surface area contributed by atoms with Crippen molar-refractivity contribution < 1.29 is 4.79 Å². The van der Waals surface area contributed by atoms with Gasteiger partial charge in [0.15, 0.2) is 0 Å². The molecular formula is C20H19N3O. The molecule has 0 unspecified atom stereocenters. The Morgan fingerprint density at radius 1 is 1.00 bits per heavy atom. The lowest BCUT2D eigenvalue weighted by Gasteiger charge is -2.20. The smallest absolute Gasteiger partial charge is 0.253 e. The molecule has 3 N–H and O–H groups in total. The molecule has 1 amide bonds. The zero-order valence-corrected chi connectivity index (χ0v) is 13.3. The summed E-state index contributed by atoms with van der Waals surface area (Å²) in [5.41, 5.74) is 4.38. The van der Waals surface area contributed by atoms with Crippen molar-refractivity contribution in [2.45, 2.75) is 12.0 Å². The number of carbonyl (C=O) groups excluding carboxylic acids is 1. The zero-order chi connectivity index (χ0) is 16.1. The summed E-state index contributed by atoms with van der Waals surface area (Å²) in [5.74, 6) is 0.950. The van der Waals surface area contributed by atoms with Crippen molar-refractivity contribution in [1.29, 1.82) is 0 Å². The summed E-state index contributed by atoms with van der Waals surface area (Å²) in [6.07, 6.45) is 1.81. The molecule has 1 aliphatic carbocycles. The van der Waals surface area contributed by atoms with E-state index >= 15 is 0 Å². The number of H-pyrrole nitrogens is 1. The highest BCUT2D eigenvalue weighted by molar-refractivity contribution is 6.06. The topological polar surface area (TPSA) is 56.9 Å². The van der Waals surface area contributed by atoms with Crippen LogP contribution in [0.2, 0.25) is 0 Å². The number of hydrogen-bond acceptors (Lipinski definition) is 2. The molecule has 1 aliphatic heterocycles. The Bertz CT molecular complexity index is 929. The van der Waals surface area contributed by atoms with Crippen LogP contribution in [0.4, 0.5) is 0 Å². The predicted molar refractivity (Wildman–Crippen MR) is 94.0 cm³/mol. The maximum absolute atomic E-state index is 12.9. The van der Waals surface area contributed by atoms with Crippen LogP contribution in [0.3, 0.4) is 0 Å². The monoisotopic (exact) mass is 317 g/mol. The van der Waals surface area contributed by atoms with Gasteiger partial charge in [-0.15, -0.1) is 0 Å². The number of amides is 1. The SMILES string of the molecule is O=C(N[C@H]1c2ccccc2[C@@H]2CNC[C@@H]21)c1c[nH]c2ccccc12. The van der Waals surface area contributed by atoms with Gasteiger partial charge in [0.05, 0.1) is 11.6 Å². The van der Waals surface area contributed by atoms with Gasteiger partial charge in [0.2, 0.25) is 0 Å². The molecule has 3 atom stereocenters. The fraction of sp³-hybridized carbons (Fsp3) is 0.250. The van der Waals surface area contributed by atoms with Crippen LogP contribution in [0.15, 0.2) is 54.7 Å². The number of nitrogens with one attached hydrogen (secondary N) is 3. The molecule has 5 rings (SSSR count). The summed E-state index contributed by atoms with van der Waals surface area (Å²) in [6.45, 7) is 1.96. The van der Waals surface area contributed by atoms with E-state index in [0.717, 1.165) is 29.6 Å². The molecule has 0 spiro atoms. The van der Waals surface area contributed by atoms with Crippen molar-refractivity contribution >= 4 is 16.8 Å². The van der Waals surface area contributed by atoms with Crippen molar-refractivity contribution in [2.24, 2.45) is 5.92 Å². The fourth-order valence-electron chi connectivity index (χ4n) is 4.42. The van der Waals surface area contributed by atoms with Crippen LogP contribution in [-0.2, 0) is 0 Å². The van der Waals surface area contributed by atoms with Crippen molar-refractivity contribution in [2.75, 3.05) is 13.1 Å². The molecule has 2 heterocycles. The zero-order valence-electron chi connectivity index (χ0n) is 13.3. The van der Waals surface area contributed by atoms with Gasteiger partial charge in [-0.05, 0) is 17.2 Å². The molecule has 0 bridgehead atoms. The quantitative estimate of drug-likeness (QED) is 0.680. The average Bonchev–Trinajstić information content (AvgIpc) is 3.31. The lowest BCUT2D eigenvalue weighted by atomic mass is 9.94. The molecule has 1 saturated heterocycles.